The van der Waals surface area contributed by atoms with Gasteiger partial charge in [0, 0.05) is 47.2 Å². The molecule has 1 aromatic carbocycles. The van der Waals surface area contributed by atoms with Crippen LogP contribution in [0.25, 0.3) is 0 Å². The van der Waals surface area contributed by atoms with Crippen molar-refractivity contribution in [1.29, 1.82) is 5.41 Å². The van der Waals surface area contributed by atoms with Gasteiger partial charge in [-0.25, -0.2) is 0 Å². The van der Waals surface area contributed by atoms with Gasteiger partial charge in [0.1, 0.15) is 0 Å². The molecule has 2 aliphatic rings. The predicted molar refractivity (Wildman–Crippen MR) is 107 cm³/mol. The van der Waals surface area contributed by atoms with Crippen LogP contribution in [0.5, 0.6) is 0 Å². The lowest BCUT2D eigenvalue weighted by Gasteiger charge is -2.39. The van der Waals surface area contributed by atoms with E-state index in [1.165, 1.54) is 0 Å². The smallest absolute Gasteiger partial charge is 0.231 e. The van der Waals surface area contributed by atoms with Gasteiger partial charge in [-0.15, -0.1) is 0 Å². The molecule has 1 saturated heterocycles. The first-order valence-corrected chi connectivity index (χ1v) is 10.6. The second-order valence-electron chi connectivity index (χ2n) is 7.89. The number of Topliss-reactive ketones (excluding diaryl/α,β-unsaturated/α-hetero) is 1. The van der Waals surface area contributed by atoms with Crippen molar-refractivity contribution in [2.24, 2.45) is 5.41 Å². The van der Waals surface area contributed by atoms with Crippen LogP contribution in [0.15, 0.2) is 24.3 Å². The van der Waals surface area contributed by atoms with Crippen molar-refractivity contribution in [2.75, 3.05) is 18.1 Å². The average Bonchev–Trinajstić information content (AvgIpc) is 2.81. The molecule has 3 rings (SSSR count). The molecule has 140 valence electrons. The molecule has 2 atom stereocenters. The van der Waals surface area contributed by atoms with Gasteiger partial charge in [-0.1, -0.05) is 51.5 Å². The first kappa shape index (κ1) is 19.2. The summed E-state index contributed by atoms with van der Waals surface area (Å²) in [5, 5.41) is 8.19. The maximum absolute atomic E-state index is 13.6. The molecule has 0 aromatic heterocycles. The third-order valence-electron chi connectivity index (χ3n) is 5.61. The number of nitrogens with zero attached hydrogens (tertiary/aromatic N) is 1. The minimum Gasteiger partial charge on any atom is -0.337 e. The van der Waals surface area contributed by atoms with Crippen LogP contribution in [0.3, 0.4) is 0 Å². The van der Waals surface area contributed by atoms with Gasteiger partial charge in [-0.2, -0.15) is 11.8 Å². The van der Waals surface area contributed by atoms with Crippen molar-refractivity contribution in [2.45, 2.75) is 52.0 Å². The highest BCUT2D eigenvalue weighted by Gasteiger charge is 2.51. The number of hydrogen-bond acceptors (Lipinski definition) is 4. The van der Waals surface area contributed by atoms with E-state index in [0.717, 1.165) is 35.6 Å². The summed E-state index contributed by atoms with van der Waals surface area (Å²) >= 11 is 1.86. The number of nitrogens with one attached hydrogen (secondary N) is 1. The second kappa shape index (κ2) is 7.55. The first-order chi connectivity index (χ1) is 12.4. The maximum atomic E-state index is 13.6. The maximum Gasteiger partial charge on any atom is 0.231 e. The number of thioether (sulfide) groups is 1. The van der Waals surface area contributed by atoms with E-state index in [4.69, 9.17) is 5.41 Å². The SMILES string of the molecule is CCCC(=N)CC1CSCCN1C(=O)C1c2ccccc2C(=O)C1(C)C. The van der Waals surface area contributed by atoms with Gasteiger partial charge in [-0.05, 0) is 12.0 Å². The van der Waals surface area contributed by atoms with E-state index >= 15 is 0 Å². The zero-order chi connectivity index (χ0) is 18.9. The molecule has 1 heterocycles. The van der Waals surface area contributed by atoms with E-state index in [9.17, 15) is 9.59 Å². The van der Waals surface area contributed by atoms with Gasteiger partial charge in [0.2, 0.25) is 5.91 Å². The summed E-state index contributed by atoms with van der Waals surface area (Å²) in [5.74, 6) is 1.50. The average molecular weight is 373 g/mol. The Morgan fingerprint density at radius 2 is 2.08 bits per heavy atom. The summed E-state index contributed by atoms with van der Waals surface area (Å²) in [5.41, 5.74) is 1.57. The van der Waals surface area contributed by atoms with E-state index in [2.05, 4.69) is 6.92 Å². The van der Waals surface area contributed by atoms with Gasteiger partial charge < -0.3 is 10.3 Å². The van der Waals surface area contributed by atoms with E-state index in [1.54, 1.807) is 0 Å². The van der Waals surface area contributed by atoms with E-state index in [0.29, 0.717) is 18.5 Å². The third kappa shape index (κ3) is 3.34. The van der Waals surface area contributed by atoms with E-state index < -0.39 is 11.3 Å². The summed E-state index contributed by atoms with van der Waals surface area (Å²) in [6, 6.07) is 7.62. The lowest BCUT2D eigenvalue weighted by molar-refractivity contribution is -0.136. The Balaban J connectivity index is 1.89. The van der Waals surface area contributed by atoms with Gasteiger partial charge in [0.25, 0.3) is 0 Å². The number of benzene rings is 1. The van der Waals surface area contributed by atoms with Crippen LogP contribution >= 0.6 is 11.8 Å². The Labute approximate surface area is 160 Å². The number of carbonyl (C=O) groups is 2. The molecule has 5 heteroatoms. The molecule has 0 bridgehead atoms. The monoisotopic (exact) mass is 372 g/mol. The molecular weight excluding hydrogens is 344 g/mol. The Kier molecular flexibility index (Phi) is 5.56. The lowest BCUT2D eigenvalue weighted by Crippen LogP contribution is -2.50. The van der Waals surface area contributed by atoms with Crippen molar-refractivity contribution in [3.63, 3.8) is 0 Å². The molecule has 2 unspecified atom stereocenters. The van der Waals surface area contributed by atoms with Gasteiger partial charge in [0.15, 0.2) is 5.78 Å². The number of ketones is 1. The third-order valence-corrected chi connectivity index (χ3v) is 6.71. The molecule has 26 heavy (non-hydrogen) atoms. The minimum absolute atomic E-state index is 0.0582. The topological polar surface area (TPSA) is 61.2 Å². The molecule has 4 nitrogen and oxygen atoms in total. The van der Waals surface area contributed by atoms with Crippen LogP contribution in [0.4, 0.5) is 0 Å². The summed E-state index contributed by atoms with van der Waals surface area (Å²) in [7, 11) is 0. The van der Waals surface area contributed by atoms with Gasteiger partial charge >= 0.3 is 0 Å². The zero-order valence-corrected chi connectivity index (χ0v) is 16.7. The van der Waals surface area contributed by atoms with E-state index in [-0.39, 0.29) is 17.7 Å². The Morgan fingerprint density at radius 1 is 1.35 bits per heavy atom. The van der Waals surface area contributed by atoms with Gasteiger partial charge in [-0.3, -0.25) is 9.59 Å². The quantitative estimate of drug-likeness (QED) is 0.790. The normalized spacial score (nSPS) is 24.4. The fraction of sp³-hybridized carbons (Fsp3) is 0.571. The Hall–Kier alpha value is -1.62. The summed E-state index contributed by atoms with van der Waals surface area (Å²) in [4.78, 5) is 28.4. The molecule has 1 fully saturated rings. The first-order valence-electron chi connectivity index (χ1n) is 9.46. The molecule has 0 spiro atoms. The fourth-order valence-electron chi connectivity index (χ4n) is 4.23. The summed E-state index contributed by atoms with van der Waals surface area (Å²) in [6.07, 6.45) is 2.40. The van der Waals surface area contributed by atoms with Crippen molar-refractivity contribution >= 4 is 29.2 Å². The Morgan fingerprint density at radius 3 is 2.81 bits per heavy atom. The number of rotatable bonds is 5. The highest BCUT2D eigenvalue weighted by Crippen LogP contribution is 2.48. The van der Waals surface area contributed by atoms with Crippen LogP contribution in [-0.4, -0.2) is 46.4 Å². The van der Waals surface area contributed by atoms with Crippen LogP contribution in [0.1, 0.15) is 61.9 Å². The molecule has 1 aliphatic carbocycles. The summed E-state index contributed by atoms with van der Waals surface area (Å²) < 4.78 is 0. The minimum atomic E-state index is -0.715. The lowest BCUT2D eigenvalue weighted by atomic mass is 9.78. The van der Waals surface area contributed by atoms with Crippen LogP contribution < -0.4 is 0 Å². The second-order valence-corrected chi connectivity index (χ2v) is 9.04. The zero-order valence-electron chi connectivity index (χ0n) is 15.9. The highest BCUT2D eigenvalue weighted by molar-refractivity contribution is 7.99. The number of hydrogen-bond donors (Lipinski definition) is 1. The molecule has 0 radical (unpaired) electrons. The fourth-order valence-corrected chi connectivity index (χ4v) is 5.29. The number of amides is 1. The molecule has 1 amide bonds. The van der Waals surface area contributed by atoms with Crippen molar-refractivity contribution < 1.29 is 9.59 Å². The number of fused-ring (bicyclic) bond motifs is 1. The van der Waals surface area contributed by atoms with Crippen LogP contribution in [0.2, 0.25) is 0 Å². The standard InChI is InChI=1S/C21H28N2O2S/c1-4-7-14(22)12-15-13-26-11-10-23(15)20(25)18-16-8-5-6-9-17(16)19(24)21(18,2)3/h5-6,8-9,15,18,22H,4,7,10-13H2,1-3H3. The van der Waals surface area contributed by atoms with Crippen molar-refractivity contribution in [3.05, 3.63) is 35.4 Å². The number of carbonyl (C=O) groups excluding carboxylic acids is 2. The molecule has 1 aromatic rings. The molecule has 1 N–H and O–H groups in total. The van der Waals surface area contributed by atoms with Gasteiger partial charge in [0.05, 0.1) is 5.92 Å². The molecule has 1 aliphatic heterocycles. The largest absolute Gasteiger partial charge is 0.337 e. The van der Waals surface area contributed by atoms with Crippen LogP contribution in [0, 0.1) is 10.8 Å². The Bertz CT molecular complexity index is 728. The van der Waals surface area contributed by atoms with Crippen molar-refractivity contribution in [3.8, 4) is 0 Å². The summed E-state index contributed by atoms with van der Waals surface area (Å²) in [6.45, 7) is 6.57. The van der Waals surface area contributed by atoms with Crippen molar-refractivity contribution in [1.82, 2.24) is 4.90 Å². The van der Waals surface area contributed by atoms with E-state index in [1.807, 2.05) is 54.8 Å². The van der Waals surface area contributed by atoms with Crippen LogP contribution in [-0.2, 0) is 4.79 Å². The highest BCUT2D eigenvalue weighted by atomic mass is 32.2. The predicted octanol–water partition coefficient (Wildman–Crippen LogP) is 4.15. The molecule has 0 saturated carbocycles. The molecular formula is C21H28N2O2S.